The lowest BCUT2D eigenvalue weighted by molar-refractivity contribution is -0.143. The number of aliphatic carboxylic acids is 1. The predicted molar refractivity (Wildman–Crippen MR) is 175 cm³/mol. The minimum Gasteiger partial charge on any atom is -0.508 e. The van der Waals surface area contributed by atoms with Crippen LogP contribution in [0.1, 0.15) is 64.9 Å². The van der Waals surface area contributed by atoms with Crippen molar-refractivity contribution in [2.24, 2.45) is 17.4 Å². The van der Waals surface area contributed by atoms with Gasteiger partial charge in [-0.25, -0.2) is 4.79 Å². The molecule has 0 unspecified atom stereocenters. The minimum absolute atomic E-state index is 0.0800. The third-order valence-electron chi connectivity index (χ3n) is 8.41. The lowest BCUT2D eigenvalue weighted by Gasteiger charge is -2.32. The van der Waals surface area contributed by atoms with E-state index in [2.05, 4.69) is 21.3 Å². The van der Waals surface area contributed by atoms with Crippen molar-refractivity contribution in [3.05, 3.63) is 29.8 Å². The number of aliphatic hydroxyl groups excluding tert-OH is 1. The molecule has 0 saturated carbocycles. The topological polar surface area (TPSA) is 267 Å². The van der Waals surface area contributed by atoms with Crippen molar-refractivity contribution in [3.8, 4) is 5.75 Å². The van der Waals surface area contributed by atoms with Crippen molar-refractivity contribution in [1.82, 2.24) is 26.2 Å². The Hall–Kier alpha value is -4.28. The molecule has 16 nitrogen and oxygen atoms in total. The zero-order valence-corrected chi connectivity index (χ0v) is 27.8. The number of carboxylic acids is 1. The summed E-state index contributed by atoms with van der Waals surface area (Å²) >= 11 is 0. The molecule has 16 heteroatoms. The first kappa shape index (κ1) is 39.9. The summed E-state index contributed by atoms with van der Waals surface area (Å²) < 4.78 is 0. The van der Waals surface area contributed by atoms with Gasteiger partial charge >= 0.3 is 5.97 Å². The highest BCUT2D eigenvalue weighted by Crippen LogP contribution is 2.22. The van der Waals surface area contributed by atoms with Crippen LogP contribution >= 0.6 is 0 Å². The van der Waals surface area contributed by atoms with Gasteiger partial charge in [-0.15, -0.1) is 0 Å². The zero-order valence-electron chi connectivity index (χ0n) is 27.8. The highest BCUT2D eigenvalue weighted by molar-refractivity contribution is 5.95. The first-order valence-corrected chi connectivity index (χ1v) is 16.3. The molecule has 48 heavy (non-hydrogen) atoms. The molecular weight excluding hydrogens is 626 g/mol. The molecule has 1 aliphatic rings. The quantitative estimate of drug-likeness (QED) is 0.0758. The van der Waals surface area contributed by atoms with Crippen molar-refractivity contribution in [3.63, 3.8) is 0 Å². The van der Waals surface area contributed by atoms with Gasteiger partial charge in [0.2, 0.25) is 29.5 Å². The van der Waals surface area contributed by atoms with Gasteiger partial charge in [0.1, 0.15) is 29.9 Å². The monoisotopic (exact) mass is 677 g/mol. The van der Waals surface area contributed by atoms with Crippen LogP contribution in [0.2, 0.25) is 0 Å². The lowest BCUT2D eigenvalue weighted by Crippen LogP contribution is -2.59. The average molecular weight is 678 g/mol. The molecule has 0 spiro atoms. The fourth-order valence-electron chi connectivity index (χ4n) is 5.33. The Morgan fingerprint density at radius 3 is 2.23 bits per heavy atom. The Labute approximate surface area is 280 Å². The van der Waals surface area contributed by atoms with Gasteiger partial charge in [0, 0.05) is 6.54 Å². The third-order valence-corrected chi connectivity index (χ3v) is 8.41. The number of benzene rings is 1. The number of amides is 5. The molecular formula is C32H51N7O9. The van der Waals surface area contributed by atoms with E-state index >= 15 is 0 Å². The van der Waals surface area contributed by atoms with Crippen molar-refractivity contribution in [2.45, 2.75) is 102 Å². The maximum Gasteiger partial charge on any atom is 0.326 e. The molecule has 1 saturated heterocycles. The molecule has 11 N–H and O–H groups in total. The number of phenols is 1. The molecule has 2 rings (SSSR count). The maximum absolute atomic E-state index is 13.7. The average Bonchev–Trinajstić information content (AvgIpc) is 3.55. The van der Waals surface area contributed by atoms with Gasteiger partial charge in [-0.2, -0.15) is 0 Å². The zero-order chi connectivity index (χ0) is 36.0. The summed E-state index contributed by atoms with van der Waals surface area (Å²) in [5, 5.41) is 38.9. The number of nitrogens with one attached hydrogen (secondary N) is 4. The van der Waals surface area contributed by atoms with Gasteiger partial charge in [-0.1, -0.05) is 32.4 Å². The summed E-state index contributed by atoms with van der Waals surface area (Å²) in [7, 11) is 0. The number of rotatable bonds is 19. The SMILES string of the molecule is CC[C@H](C)[C@H](NC(=O)[C@@H](N)Cc1ccc(O)cc1)C(=O)N1CCC[C@H]1C(=O)NCC(=O)N[C@H](C(=O)N[C@@H](CCCCN)C(=O)O)[C@@H](C)O. The van der Waals surface area contributed by atoms with E-state index < -0.39 is 78.4 Å². The second-order valence-corrected chi connectivity index (χ2v) is 12.2. The number of nitrogens with zero attached hydrogens (tertiary/aromatic N) is 1. The second-order valence-electron chi connectivity index (χ2n) is 12.2. The summed E-state index contributed by atoms with van der Waals surface area (Å²) in [5.41, 5.74) is 12.3. The summed E-state index contributed by atoms with van der Waals surface area (Å²) in [6, 6.07) is 0.687. The first-order chi connectivity index (χ1) is 22.7. The van der Waals surface area contributed by atoms with Crippen LogP contribution in [0.25, 0.3) is 0 Å². The van der Waals surface area contributed by atoms with Crippen LogP contribution in [0.15, 0.2) is 24.3 Å². The Bertz CT molecular complexity index is 1260. The van der Waals surface area contributed by atoms with E-state index in [1.165, 1.54) is 24.0 Å². The molecule has 0 bridgehead atoms. The normalized spacial score (nSPS) is 18.0. The fraction of sp³-hybridized carbons (Fsp3) is 0.625. The minimum atomic E-state index is -1.49. The van der Waals surface area contributed by atoms with E-state index in [0.717, 1.165) is 5.56 Å². The number of hydrogen-bond acceptors (Lipinski definition) is 10. The Morgan fingerprint density at radius 2 is 1.65 bits per heavy atom. The number of likely N-dealkylation sites (tertiary alicyclic amines) is 1. The van der Waals surface area contributed by atoms with E-state index in [4.69, 9.17) is 11.5 Å². The number of nitrogens with two attached hydrogens (primary N) is 2. The smallest absolute Gasteiger partial charge is 0.326 e. The summed E-state index contributed by atoms with van der Waals surface area (Å²) in [6.45, 7) is 4.96. The first-order valence-electron chi connectivity index (χ1n) is 16.3. The number of carbonyl (C=O) groups excluding carboxylic acids is 5. The third kappa shape index (κ3) is 12.1. The maximum atomic E-state index is 13.7. The highest BCUT2D eigenvalue weighted by atomic mass is 16.4. The fourth-order valence-corrected chi connectivity index (χ4v) is 5.33. The van der Waals surface area contributed by atoms with Crippen LogP contribution in [0.3, 0.4) is 0 Å². The Morgan fingerprint density at radius 1 is 0.979 bits per heavy atom. The lowest BCUT2D eigenvalue weighted by atomic mass is 9.96. The molecule has 1 aromatic carbocycles. The largest absolute Gasteiger partial charge is 0.508 e. The number of phenolic OH excluding ortho intramolecular Hbond substituents is 1. The van der Waals surface area contributed by atoms with Crippen molar-refractivity contribution < 1.29 is 44.1 Å². The van der Waals surface area contributed by atoms with E-state index in [9.17, 15) is 44.1 Å². The molecule has 1 aromatic rings. The number of unbranched alkanes of at least 4 members (excludes halogenated alkanes) is 1. The predicted octanol–water partition coefficient (Wildman–Crippen LogP) is -1.54. The molecule has 5 amide bonds. The summed E-state index contributed by atoms with van der Waals surface area (Å²) in [5.74, 6) is -4.81. The van der Waals surface area contributed by atoms with Gasteiger partial charge in [0.05, 0.1) is 18.7 Å². The van der Waals surface area contributed by atoms with E-state index in [1.54, 1.807) is 19.1 Å². The Balaban J connectivity index is 2.01. The highest BCUT2D eigenvalue weighted by Gasteiger charge is 2.40. The molecule has 0 aliphatic carbocycles. The molecule has 0 radical (unpaired) electrons. The number of hydrogen-bond donors (Lipinski definition) is 9. The van der Waals surface area contributed by atoms with Gasteiger partial charge in [0.25, 0.3) is 0 Å². The standard InChI is InChI=1S/C32H51N7O9/c1-4-18(2)26(38-28(43)22(34)16-20-10-12-21(41)13-11-20)31(46)39-15-7-9-24(39)29(44)35-17-25(42)37-27(19(3)40)30(45)36-23(32(47)48)8-5-6-14-33/h10-13,18-19,22-24,26-27,40-41H,4-9,14-17,33-34H2,1-3H3,(H,35,44)(H,36,45)(H,37,42)(H,38,43)(H,47,48)/t18-,19+,22-,23-,24-,26-,27-/m0/s1. The van der Waals surface area contributed by atoms with Gasteiger partial charge in [-0.05, 0) is 75.6 Å². The molecule has 0 aromatic heterocycles. The van der Waals surface area contributed by atoms with Gasteiger partial charge < -0.3 is 53.0 Å². The molecule has 268 valence electrons. The van der Waals surface area contributed by atoms with E-state index in [1.807, 2.05) is 6.92 Å². The van der Waals surface area contributed by atoms with Crippen molar-refractivity contribution >= 4 is 35.5 Å². The van der Waals surface area contributed by atoms with Crippen molar-refractivity contribution in [1.29, 1.82) is 0 Å². The Kier molecular flexibility index (Phi) is 16.2. The molecule has 1 aliphatic heterocycles. The van der Waals surface area contributed by atoms with Crippen LogP contribution < -0.4 is 32.7 Å². The van der Waals surface area contributed by atoms with Crippen LogP contribution in [0, 0.1) is 5.92 Å². The van der Waals surface area contributed by atoms with Crippen LogP contribution in [0.5, 0.6) is 5.75 Å². The van der Waals surface area contributed by atoms with Gasteiger partial charge in [0.15, 0.2) is 0 Å². The van der Waals surface area contributed by atoms with Crippen LogP contribution in [-0.4, -0.2) is 112 Å². The second kappa shape index (κ2) is 19.5. The molecule has 1 heterocycles. The van der Waals surface area contributed by atoms with Crippen LogP contribution in [-0.2, 0) is 35.2 Å². The summed E-state index contributed by atoms with van der Waals surface area (Å²) in [6.07, 6.45) is 1.30. The van der Waals surface area contributed by atoms with Crippen LogP contribution in [0.4, 0.5) is 0 Å². The molecule has 1 fully saturated rings. The van der Waals surface area contributed by atoms with E-state index in [-0.39, 0.29) is 31.1 Å². The van der Waals surface area contributed by atoms with Gasteiger partial charge in [-0.3, -0.25) is 24.0 Å². The number of carbonyl (C=O) groups is 6. The summed E-state index contributed by atoms with van der Waals surface area (Å²) in [4.78, 5) is 78.3. The molecule has 7 atom stereocenters. The number of carboxylic acid groups (broad SMARTS) is 1. The number of aliphatic hydroxyl groups is 1. The van der Waals surface area contributed by atoms with E-state index in [0.29, 0.717) is 38.6 Å². The van der Waals surface area contributed by atoms with Crippen molar-refractivity contribution in [2.75, 3.05) is 19.6 Å². The number of aromatic hydroxyl groups is 1.